The molecule has 1 atom stereocenters. The van der Waals surface area contributed by atoms with Crippen LogP contribution in [0.5, 0.6) is 0 Å². The summed E-state index contributed by atoms with van der Waals surface area (Å²) in [5.41, 5.74) is 5.19. The Balaban J connectivity index is 1.57. The minimum Gasteiger partial charge on any atom is -0.368 e. The van der Waals surface area contributed by atoms with Crippen LogP contribution in [0.1, 0.15) is 46.1 Å². The second-order valence-electron chi connectivity index (χ2n) is 7.35. The molecule has 0 bridgehead atoms. The van der Waals surface area contributed by atoms with E-state index in [1.807, 2.05) is 68.1 Å². The zero-order valence-electron chi connectivity index (χ0n) is 17.0. The zero-order valence-corrected chi connectivity index (χ0v) is 17.0. The lowest BCUT2D eigenvalue weighted by atomic mass is 10.1. The predicted octanol–water partition coefficient (Wildman–Crippen LogP) is 4.13. The molecule has 0 unspecified atom stereocenters. The molecular weight excluding hydrogens is 366 g/mol. The van der Waals surface area contributed by atoms with Gasteiger partial charge in [0.2, 0.25) is 0 Å². The van der Waals surface area contributed by atoms with Crippen LogP contribution in [-0.4, -0.2) is 40.6 Å². The Kier molecular flexibility index (Phi) is 5.45. The van der Waals surface area contributed by atoms with Gasteiger partial charge in [0, 0.05) is 18.5 Å². The summed E-state index contributed by atoms with van der Waals surface area (Å²) >= 11 is 0. The van der Waals surface area contributed by atoms with Crippen LogP contribution in [-0.2, 0) is 11.2 Å². The number of pyridine rings is 1. The van der Waals surface area contributed by atoms with Crippen molar-refractivity contribution in [2.75, 3.05) is 19.7 Å². The average molecular weight is 391 g/mol. The first kappa shape index (κ1) is 19.3. The molecule has 1 aliphatic rings. The quantitative estimate of drug-likeness (QED) is 0.669. The second kappa shape index (κ2) is 8.17. The van der Waals surface area contributed by atoms with Crippen molar-refractivity contribution in [2.45, 2.75) is 33.3 Å². The third-order valence-corrected chi connectivity index (χ3v) is 5.23. The average Bonchev–Trinajstić information content (AvgIpc) is 3.14. The summed E-state index contributed by atoms with van der Waals surface area (Å²) < 4.78 is 11.4. The Morgan fingerprint density at radius 2 is 2.03 bits per heavy atom. The molecule has 1 aromatic carbocycles. The maximum absolute atomic E-state index is 12.9. The molecule has 150 valence electrons. The van der Waals surface area contributed by atoms with Crippen LogP contribution < -0.4 is 0 Å². The Labute approximate surface area is 170 Å². The standard InChI is InChI=1S/C23H25N3O3/c1-4-20-22(16(3)25-29-20)19-10-6-9-18(24-19)21-14-26(11-12-28-21)23(27)17-8-5-7-15(2)13-17/h5-10,13,21H,4,11-12,14H2,1-3H3/t21-/m0/s1. The van der Waals surface area contributed by atoms with Crippen LogP contribution in [0.4, 0.5) is 0 Å². The summed E-state index contributed by atoms with van der Waals surface area (Å²) in [6.45, 7) is 7.49. The number of rotatable bonds is 4. The number of morpholine rings is 1. The lowest BCUT2D eigenvalue weighted by molar-refractivity contribution is -0.0246. The SMILES string of the molecule is CCc1onc(C)c1-c1cccc([C@@H]2CN(C(=O)c3cccc(C)c3)CCO2)n1. The van der Waals surface area contributed by atoms with Gasteiger partial charge in [0.15, 0.2) is 0 Å². The molecule has 0 aliphatic carbocycles. The summed E-state index contributed by atoms with van der Waals surface area (Å²) in [6.07, 6.45) is 0.489. The Bertz CT molecular complexity index is 1030. The lowest BCUT2D eigenvalue weighted by Gasteiger charge is -2.33. The van der Waals surface area contributed by atoms with Gasteiger partial charge in [0.25, 0.3) is 5.91 Å². The monoisotopic (exact) mass is 391 g/mol. The van der Waals surface area contributed by atoms with Gasteiger partial charge in [-0.15, -0.1) is 0 Å². The summed E-state index contributed by atoms with van der Waals surface area (Å²) in [5, 5.41) is 4.08. The highest BCUT2D eigenvalue weighted by atomic mass is 16.5. The van der Waals surface area contributed by atoms with Crippen LogP contribution in [0.3, 0.4) is 0 Å². The number of nitrogens with zero attached hydrogens (tertiary/aromatic N) is 3. The first-order valence-electron chi connectivity index (χ1n) is 9.97. The topological polar surface area (TPSA) is 68.5 Å². The smallest absolute Gasteiger partial charge is 0.254 e. The van der Waals surface area contributed by atoms with E-state index in [0.717, 1.165) is 40.4 Å². The number of hydrogen-bond acceptors (Lipinski definition) is 5. The molecule has 1 fully saturated rings. The third kappa shape index (κ3) is 3.93. The first-order valence-corrected chi connectivity index (χ1v) is 9.97. The molecule has 2 aromatic heterocycles. The summed E-state index contributed by atoms with van der Waals surface area (Å²) in [7, 11) is 0. The molecule has 0 spiro atoms. The molecule has 0 saturated carbocycles. The predicted molar refractivity (Wildman–Crippen MR) is 110 cm³/mol. The summed E-state index contributed by atoms with van der Waals surface area (Å²) in [5.74, 6) is 0.856. The molecule has 29 heavy (non-hydrogen) atoms. The van der Waals surface area contributed by atoms with Crippen molar-refractivity contribution < 1.29 is 14.1 Å². The van der Waals surface area contributed by atoms with Gasteiger partial charge in [-0.25, -0.2) is 4.98 Å². The van der Waals surface area contributed by atoms with Crippen LogP contribution in [0.15, 0.2) is 47.0 Å². The van der Waals surface area contributed by atoms with Crippen molar-refractivity contribution in [3.05, 3.63) is 70.7 Å². The van der Waals surface area contributed by atoms with Crippen molar-refractivity contribution in [1.29, 1.82) is 0 Å². The molecule has 0 N–H and O–H groups in total. The highest BCUT2D eigenvalue weighted by Gasteiger charge is 2.27. The minimum absolute atomic E-state index is 0.0290. The van der Waals surface area contributed by atoms with Crippen LogP contribution in [0, 0.1) is 13.8 Å². The molecular formula is C23H25N3O3. The van der Waals surface area contributed by atoms with Gasteiger partial charge in [-0.05, 0) is 38.1 Å². The fraction of sp³-hybridized carbons (Fsp3) is 0.348. The van der Waals surface area contributed by atoms with E-state index in [4.69, 9.17) is 14.2 Å². The molecule has 0 radical (unpaired) electrons. The van der Waals surface area contributed by atoms with Gasteiger partial charge in [-0.2, -0.15) is 0 Å². The fourth-order valence-corrected chi connectivity index (χ4v) is 3.73. The molecule has 6 heteroatoms. The van der Waals surface area contributed by atoms with Crippen LogP contribution in [0.25, 0.3) is 11.3 Å². The van der Waals surface area contributed by atoms with E-state index in [-0.39, 0.29) is 12.0 Å². The fourth-order valence-electron chi connectivity index (χ4n) is 3.73. The van der Waals surface area contributed by atoms with Gasteiger partial charge < -0.3 is 14.2 Å². The molecule has 1 saturated heterocycles. The second-order valence-corrected chi connectivity index (χ2v) is 7.35. The van der Waals surface area contributed by atoms with Gasteiger partial charge in [0.05, 0.1) is 35.8 Å². The maximum atomic E-state index is 12.9. The summed E-state index contributed by atoms with van der Waals surface area (Å²) in [4.78, 5) is 19.6. The molecule has 3 heterocycles. The largest absolute Gasteiger partial charge is 0.368 e. The Hall–Kier alpha value is -2.99. The number of aryl methyl sites for hydroxylation is 3. The molecule has 3 aromatic rings. The van der Waals surface area contributed by atoms with E-state index in [1.165, 1.54) is 0 Å². The van der Waals surface area contributed by atoms with E-state index < -0.39 is 0 Å². The number of ether oxygens (including phenoxy) is 1. The van der Waals surface area contributed by atoms with Gasteiger partial charge in [-0.3, -0.25) is 4.79 Å². The van der Waals surface area contributed by atoms with E-state index >= 15 is 0 Å². The van der Waals surface area contributed by atoms with Gasteiger partial charge >= 0.3 is 0 Å². The van der Waals surface area contributed by atoms with Gasteiger partial charge in [-0.1, -0.05) is 35.8 Å². The van der Waals surface area contributed by atoms with Crippen molar-refractivity contribution >= 4 is 5.91 Å². The minimum atomic E-state index is -0.261. The number of aromatic nitrogens is 2. The van der Waals surface area contributed by atoms with Crippen molar-refractivity contribution in [2.24, 2.45) is 0 Å². The van der Waals surface area contributed by atoms with Gasteiger partial charge in [0.1, 0.15) is 11.9 Å². The van der Waals surface area contributed by atoms with E-state index in [1.54, 1.807) is 0 Å². The molecule has 4 rings (SSSR count). The van der Waals surface area contributed by atoms with E-state index in [9.17, 15) is 4.79 Å². The van der Waals surface area contributed by atoms with Crippen molar-refractivity contribution in [3.63, 3.8) is 0 Å². The highest BCUT2D eigenvalue weighted by molar-refractivity contribution is 5.94. The lowest BCUT2D eigenvalue weighted by Crippen LogP contribution is -2.42. The van der Waals surface area contributed by atoms with E-state index in [2.05, 4.69) is 5.16 Å². The summed E-state index contributed by atoms with van der Waals surface area (Å²) in [6, 6.07) is 13.6. The first-order chi connectivity index (χ1) is 14.1. The van der Waals surface area contributed by atoms with Crippen molar-refractivity contribution in [3.8, 4) is 11.3 Å². The number of benzene rings is 1. The normalized spacial score (nSPS) is 16.8. The van der Waals surface area contributed by atoms with Crippen LogP contribution >= 0.6 is 0 Å². The molecule has 6 nitrogen and oxygen atoms in total. The Morgan fingerprint density at radius 1 is 1.21 bits per heavy atom. The molecule has 1 aliphatic heterocycles. The van der Waals surface area contributed by atoms with Crippen LogP contribution in [0.2, 0.25) is 0 Å². The number of carbonyl (C=O) groups is 1. The van der Waals surface area contributed by atoms with E-state index in [0.29, 0.717) is 25.3 Å². The molecule has 1 amide bonds. The number of amides is 1. The van der Waals surface area contributed by atoms with Crippen molar-refractivity contribution in [1.82, 2.24) is 15.0 Å². The maximum Gasteiger partial charge on any atom is 0.254 e. The Morgan fingerprint density at radius 3 is 2.83 bits per heavy atom. The zero-order chi connectivity index (χ0) is 20.4. The number of carbonyl (C=O) groups excluding carboxylic acids is 1. The number of hydrogen-bond donors (Lipinski definition) is 0. The third-order valence-electron chi connectivity index (χ3n) is 5.23. The highest BCUT2D eigenvalue weighted by Crippen LogP contribution is 2.29.